The molecule has 0 radical (unpaired) electrons. The van der Waals surface area contributed by atoms with E-state index in [0.29, 0.717) is 29.3 Å². The fourth-order valence-electron chi connectivity index (χ4n) is 2.03. The monoisotopic (exact) mass is 314 g/mol. The third kappa shape index (κ3) is 3.01. The Balaban J connectivity index is 1.66. The Morgan fingerprint density at radius 1 is 1.32 bits per heavy atom. The molecule has 0 spiro atoms. The smallest absolute Gasteiger partial charge is 0.255 e. The van der Waals surface area contributed by atoms with Gasteiger partial charge < -0.3 is 14.6 Å². The van der Waals surface area contributed by atoms with Crippen LogP contribution in [-0.2, 0) is 6.54 Å². The average Bonchev–Trinajstić information content (AvgIpc) is 3.23. The predicted molar refractivity (Wildman–Crippen MR) is 84.0 cm³/mol. The molecule has 0 aliphatic rings. The quantitative estimate of drug-likeness (QED) is 0.784. The van der Waals surface area contributed by atoms with Crippen molar-refractivity contribution in [2.24, 2.45) is 0 Å². The molecule has 22 heavy (non-hydrogen) atoms. The average molecular weight is 314 g/mol. The molecule has 0 unspecified atom stereocenters. The Bertz CT molecular complexity index is 765. The summed E-state index contributed by atoms with van der Waals surface area (Å²) < 4.78 is 10.5. The molecule has 1 amide bonds. The molecule has 0 fully saturated rings. The van der Waals surface area contributed by atoms with Gasteiger partial charge in [-0.15, -0.1) is 11.3 Å². The number of methoxy groups -OCH3 is 1. The van der Waals surface area contributed by atoms with Crippen molar-refractivity contribution in [1.82, 2.24) is 10.5 Å². The Morgan fingerprint density at radius 3 is 2.95 bits per heavy atom. The number of amides is 1. The molecule has 3 aromatic rings. The van der Waals surface area contributed by atoms with Gasteiger partial charge >= 0.3 is 0 Å². The molecule has 5 nitrogen and oxygen atoms in total. The van der Waals surface area contributed by atoms with E-state index >= 15 is 0 Å². The van der Waals surface area contributed by atoms with E-state index in [9.17, 15) is 4.79 Å². The normalized spacial score (nSPS) is 10.4. The van der Waals surface area contributed by atoms with Crippen molar-refractivity contribution in [3.63, 3.8) is 0 Å². The van der Waals surface area contributed by atoms with Gasteiger partial charge in [0.15, 0.2) is 5.76 Å². The summed E-state index contributed by atoms with van der Waals surface area (Å²) in [4.78, 5) is 13.2. The second-order valence-electron chi connectivity index (χ2n) is 4.54. The standard InChI is InChI=1S/C16H14N2O3S/c1-20-13-6-3-2-5-12(13)16(19)17-10-11-9-14(21-18-11)15-7-4-8-22-15/h2-9H,10H2,1H3,(H,17,19). The summed E-state index contributed by atoms with van der Waals surface area (Å²) in [6.45, 7) is 0.297. The minimum atomic E-state index is -0.210. The number of carbonyl (C=O) groups excluding carboxylic acids is 1. The van der Waals surface area contributed by atoms with E-state index in [-0.39, 0.29) is 5.91 Å². The van der Waals surface area contributed by atoms with Crippen molar-refractivity contribution in [1.29, 1.82) is 0 Å². The highest BCUT2D eigenvalue weighted by Crippen LogP contribution is 2.25. The van der Waals surface area contributed by atoms with E-state index in [1.165, 1.54) is 7.11 Å². The molecule has 3 rings (SSSR count). The summed E-state index contributed by atoms with van der Waals surface area (Å²) in [6.07, 6.45) is 0. The van der Waals surface area contributed by atoms with Crippen LogP contribution in [0.4, 0.5) is 0 Å². The molecule has 0 atom stereocenters. The number of nitrogens with one attached hydrogen (secondary N) is 1. The molecule has 2 aromatic heterocycles. The summed E-state index contributed by atoms with van der Waals surface area (Å²) in [5, 5.41) is 8.75. The number of para-hydroxylation sites is 1. The van der Waals surface area contributed by atoms with Crippen molar-refractivity contribution < 1.29 is 14.1 Å². The summed E-state index contributed by atoms with van der Waals surface area (Å²) in [7, 11) is 1.54. The molecule has 0 aliphatic heterocycles. The van der Waals surface area contributed by atoms with Gasteiger partial charge in [0.2, 0.25) is 0 Å². The van der Waals surface area contributed by atoms with E-state index in [2.05, 4.69) is 10.5 Å². The Morgan fingerprint density at radius 2 is 2.18 bits per heavy atom. The molecule has 0 saturated carbocycles. The van der Waals surface area contributed by atoms with Crippen LogP contribution in [0.15, 0.2) is 52.4 Å². The molecule has 6 heteroatoms. The number of carbonyl (C=O) groups is 1. The fraction of sp³-hybridized carbons (Fsp3) is 0.125. The molecular weight excluding hydrogens is 300 g/mol. The van der Waals surface area contributed by atoms with Gasteiger partial charge in [0, 0.05) is 6.07 Å². The van der Waals surface area contributed by atoms with Crippen LogP contribution in [0.3, 0.4) is 0 Å². The zero-order valence-electron chi connectivity index (χ0n) is 11.9. The molecule has 0 saturated heterocycles. The van der Waals surface area contributed by atoms with Crippen molar-refractivity contribution in [2.75, 3.05) is 7.11 Å². The largest absolute Gasteiger partial charge is 0.496 e. The van der Waals surface area contributed by atoms with E-state index in [1.54, 1.807) is 29.5 Å². The fourth-order valence-corrected chi connectivity index (χ4v) is 2.70. The van der Waals surface area contributed by atoms with Gasteiger partial charge in [-0.3, -0.25) is 4.79 Å². The number of thiophene rings is 1. The molecule has 0 bridgehead atoms. The van der Waals surface area contributed by atoms with Crippen molar-refractivity contribution in [2.45, 2.75) is 6.54 Å². The summed E-state index contributed by atoms with van der Waals surface area (Å²) in [5.41, 5.74) is 1.17. The number of benzene rings is 1. The van der Waals surface area contributed by atoms with Crippen LogP contribution in [0.25, 0.3) is 10.6 Å². The van der Waals surface area contributed by atoms with Crippen LogP contribution in [0.5, 0.6) is 5.75 Å². The third-order valence-electron chi connectivity index (χ3n) is 3.10. The first-order valence-corrected chi connectivity index (χ1v) is 7.56. The number of rotatable bonds is 5. The van der Waals surface area contributed by atoms with Gasteiger partial charge in [-0.1, -0.05) is 23.4 Å². The summed E-state index contributed by atoms with van der Waals surface area (Å²) >= 11 is 1.58. The number of hydrogen-bond donors (Lipinski definition) is 1. The predicted octanol–water partition coefficient (Wildman–Crippen LogP) is 3.34. The van der Waals surface area contributed by atoms with Gasteiger partial charge in [-0.25, -0.2) is 0 Å². The van der Waals surface area contributed by atoms with Crippen molar-refractivity contribution >= 4 is 17.2 Å². The zero-order chi connectivity index (χ0) is 15.4. The molecular formula is C16H14N2O3S. The van der Waals surface area contributed by atoms with Crippen molar-refractivity contribution in [3.05, 3.63) is 59.1 Å². The Labute approximate surface area is 131 Å². The summed E-state index contributed by atoms with van der Waals surface area (Å²) in [6, 6.07) is 12.8. The number of aromatic nitrogens is 1. The lowest BCUT2D eigenvalue weighted by molar-refractivity contribution is 0.0947. The first-order chi connectivity index (χ1) is 10.8. The maximum absolute atomic E-state index is 12.2. The maximum atomic E-state index is 12.2. The molecule has 2 heterocycles. The maximum Gasteiger partial charge on any atom is 0.255 e. The number of ether oxygens (including phenoxy) is 1. The highest BCUT2D eigenvalue weighted by molar-refractivity contribution is 7.13. The van der Waals surface area contributed by atoms with E-state index in [0.717, 1.165) is 4.88 Å². The lowest BCUT2D eigenvalue weighted by atomic mass is 10.2. The van der Waals surface area contributed by atoms with Gasteiger partial charge in [0.1, 0.15) is 11.4 Å². The minimum absolute atomic E-state index is 0.210. The first kappa shape index (κ1) is 14.3. The first-order valence-electron chi connectivity index (χ1n) is 6.68. The number of hydrogen-bond acceptors (Lipinski definition) is 5. The lowest BCUT2D eigenvalue weighted by Gasteiger charge is -2.07. The lowest BCUT2D eigenvalue weighted by Crippen LogP contribution is -2.23. The SMILES string of the molecule is COc1ccccc1C(=O)NCc1cc(-c2cccs2)on1. The molecule has 112 valence electrons. The van der Waals surface area contributed by atoms with Crippen LogP contribution < -0.4 is 10.1 Å². The molecule has 1 aromatic carbocycles. The topological polar surface area (TPSA) is 64.4 Å². The van der Waals surface area contributed by atoms with Crippen molar-refractivity contribution in [3.8, 4) is 16.4 Å². The highest BCUT2D eigenvalue weighted by atomic mass is 32.1. The van der Waals surface area contributed by atoms with Crippen LogP contribution in [0, 0.1) is 0 Å². The summed E-state index contributed by atoms with van der Waals surface area (Å²) in [5.74, 6) is 1.04. The van der Waals surface area contributed by atoms with E-state index < -0.39 is 0 Å². The zero-order valence-corrected chi connectivity index (χ0v) is 12.7. The van der Waals surface area contributed by atoms with Crippen LogP contribution in [0.2, 0.25) is 0 Å². The molecule has 0 aliphatic carbocycles. The van der Waals surface area contributed by atoms with Crippen LogP contribution >= 0.6 is 11.3 Å². The molecule has 1 N–H and O–H groups in total. The third-order valence-corrected chi connectivity index (χ3v) is 3.99. The van der Waals surface area contributed by atoms with E-state index in [4.69, 9.17) is 9.26 Å². The second-order valence-corrected chi connectivity index (χ2v) is 5.49. The number of nitrogens with zero attached hydrogens (tertiary/aromatic N) is 1. The van der Waals surface area contributed by atoms with Gasteiger partial charge in [0.05, 0.1) is 24.1 Å². The highest BCUT2D eigenvalue weighted by Gasteiger charge is 2.13. The van der Waals surface area contributed by atoms with Gasteiger partial charge in [0.25, 0.3) is 5.91 Å². The van der Waals surface area contributed by atoms with Crippen LogP contribution in [0.1, 0.15) is 16.1 Å². The van der Waals surface area contributed by atoms with E-state index in [1.807, 2.05) is 29.6 Å². The second kappa shape index (κ2) is 6.44. The Hall–Kier alpha value is -2.60. The van der Waals surface area contributed by atoms with Crippen LogP contribution in [-0.4, -0.2) is 18.2 Å². The minimum Gasteiger partial charge on any atom is -0.496 e. The van der Waals surface area contributed by atoms with Gasteiger partial charge in [-0.05, 0) is 23.6 Å². The van der Waals surface area contributed by atoms with Gasteiger partial charge in [-0.2, -0.15) is 0 Å². The Kier molecular flexibility index (Phi) is 4.20.